The molecule has 1 N–H and O–H groups in total. The molecule has 0 unspecified atom stereocenters. The van der Waals surface area contributed by atoms with Crippen LogP contribution in [0.25, 0.3) is 6.08 Å². The third kappa shape index (κ3) is 5.35. The Hall–Kier alpha value is -2.34. The van der Waals surface area contributed by atoms with Gasteiger partial charge < -0.3 is 5.32 Å². The minimum Gasteiger partial charge on any atom is -0.348 e. The first-order valence-corrected chi connectivity index (χ1v) is 9.59. The second-order valence-electron chi connectivity index (χ2n) is 6.11. The molecule has 0 atom stereocenters. The summed E-state index contributed by atoms with van der Waals surface area (Å²) in [4.78, 5) is 16.1. The smallest absolute Gasteiger partial charge is 0.244 e. The maximum atomic E-state index is 12.1. The van der Waals surface area contributed by atoms with Gasteiger partial charge in [-0.15, -0.1) is 0 Å². The number of benzene rings is 1. The summed E-state index contributed by atoms with van der Waals surface area (Å²) < 4.78 is 1.69. The molecule has 2 heterocycles. The number of amides is 1. The number of pyridine rings is 1. The summed E-state index contributed by atoms with van der Waals surface area (Å²) in [6.45, 7) is 2.72. The van der Waals surface area contributed by atoms with Gasteiger partial charge in [0.2, 0.25) is 5.91 Å². The molecule has 8 heteroatoms. The maximum Gasteiger partial charge on any atom is 0.244 e. The van der Waals surface area contributed by atoms with E-state index in [4.69, 9.17) is 34.8 Å². The molecule has 3 aromatic rings. The van der Waals surface area contributed by atoms with Gasteiger partial charge in [-0.2, -0.15) is 5.10 Å². The van der Waals surface area contributed by atoms with Crippen LogP contribution >= 0.6 is 34.8 Å². The lowest BCUT2D eigenvalue weighted by atomic mass is 10.2. The number of hydrogen-bond donors (Lipinski definition) is 1. The average Bonchev–Trinajstić information content (AvgIpc) is 2.94. The van der Waals surface area contributed by atoms with E-state index in [1.165, 1.54) is 6.08 Å². The van der Waals surface area contributed by atoms with Gasteiger partial charge in [0.15, 0.2) is 0 Å². The maximum absolute atomic E-state index is 12.1. The highest BCUT2D eigenvalue weighted by Crippen LogP contribution is 2.22. The molecule has 28 heavy (non-hydrogen) atoms. The van der Waals surface area contributed by atoms with E-state index in [0.717, 1.165) is 16.8 Å². The number of aromatic nitrogens is 3. The van der Waals surface area contributed by atoms with Gasteiger partial charge in [0.05, 0.1) is 12.2 Å². The third-order valence-corrected chi connectivity index (χ3v) is 4.89. The molecule has 1 aromatic carbocycles. The Labute approximate surface area is 177 Å². The normalized spacial score (nSPS) is 11.1. The van der Waals surface area contributed by atoms with Gasteiger partial charge in [0.25, 0.3) is 0 Å². The van der Waals surface area contributed by atoms with Crippen molar-refractivity contribution in [3.63, 3.8) is 0 Å². The van der Waals surface area contributed by atoms with Gasteiger partial charge in [0, 0.05) is 29.4 Å². The lowest BCUT2D eigenvalue weighted by Crippen LogP contribution is -2.20. The van der Waals surface area contributed by atoms with Crippen molar-refractivity contribution in [1.29, 1.82) is 0 Å². The van der Waals surface area contributed by atoms with E-state index < -0.39 is 0 Å². The van der Waals surface area contributed by atoms with E-state index in [1.807, 2.05) is 31.2 Å². The van der Waals surface area contributed by atoms with E-state index >= 15 is 0 Å². The Kier molecular flexibility index (Phi) is 6.73. The van der Waals surface area contributed by atoms with Crippen molar-refractivity contribution in [3.8, 4) is 0 Å². The number of hydrogen-bond acceptors (Lipinski definition) is 3. The van der Waals surface area contributed by atoms with Crippen molar-refractivity contribution in [3.05, 3.63) is 86.4 Å². The molecule has 0 saturated heterocycles. The zero-order chi connectivity index (χ0) is 20.1. The van der Waals surface area contributed by atoms with Crippen molar-refractivity contribution in [1.82, 2.24) is 20.1 Å². The summed E-state index contributed by atoms with van der Waals surface area (Å²) in [5, 5.41) is 8.80. The number of halogens is 3. The number of rotatable bonds is 6. The van der Waals surface area contributed by atoms with Crippen LogP contribution in [0.5, 0.6) is 0 Å². The third-order valence-electron chi connectivity index (χ3n) is 4.01. The van der Waals surface area contributed by atoms with Gasteiger partial charge >= 0.3 is 0 Å². The van der Waals surface area contributed by atoms with Gasteiger partial charge in [-0.1, -0.05) is 53.0 Å². The molecular weight excluding hydrogens is 419 g/mol. The first kappa shape index (κ1) is 20.4. The summed E-state index contributed by atoms with van der Waals surface area (Å²) >= 11 is 18.1. The van der Waals surface area contributed by atoms with Crippen LogP contribution in [0, 0.1) is 6.92 Å². The van der Waals surface area contributed by atoms with Crippen molar-refractivity contribution < 1.29 is 4.79 Å². The lowest BCUT2D eigenvalue weighted by molar-refractivity contribution is -0.116. The number of carbonyl (C=O) groups is 1. The van der Waals surface area contributed by atoms with Crippen molar-refractivity contribution in [2.75, 3.05) is 0 Å². The van der Waals surface area contributed by atoms with Gasteiger partial charge in [-0.05, 0) is 42.3 Å². The zero-order valence-electron chi connectivity index (χ0n) is 15.0. The Morgan fingerprint density at radius 2 is 1.82 bits per heavy atom. The number of carbonyl (C=O) groups excluding carboxylic acids is 1. The van der Waals surface area contributed by atoms with Crippen LogP contribution in [-0.2, 0) is 17.9 Å². The Balaban J connectivity index is 1.64. The van der Waals surface area contributed by atoms with Crippen molar-refractivity contribution in [2.45, 2.75) is 20.0 Å². The largest absolute Gasteiger partial charge is 0.348 e. The molecule has 0 saturated carbocycles. The van der Waals surface area contributed by atoms with Gasteiger partial charge in [-0.25, -0.2) is 9.67 Å². The molecule has 0 aliphatic carbocycles. The Morgan fingerprint density at radius 1 is 1.11 bits per heavy atom. The lowest BCUT2D eigenvalue weighted by Gasteiger charge is -2.04. The predicted octanol–water partition coefficient (Wildman–Crippen LogP) is 4.92. The highest BCUT2D eigenvalue weighted by molar-refractivity contribution is 6.31. The molecule has 3 rings (SSSR count). The minimum absolute atomic E-state index is 0.240. The van der Waals surface area contributed by atoms with Crippen LogP contribution < -0.4 is 5.32 Å². The van der Waals surface area contributed by atoms with Crippen LogP contribution in [0.3, 0.4) is 0 Å². The average molecular weight is 436 g/mol. The van der Waals surface area contributed by atoms with E-state index in [2.05, 4.69) is 15.4 Å². The molecule has 2 aromatic heterocycles. The van der Waals surface area contributed by atoms with E-state index in [1.54, 1.807) is 29.1 Å². The highest BCUT2D eigenvalue weighted by Gasteiger charge is 2.12. The van der Waals surface area contributed by atoms with E-state index in [0.29, 0.717) is 34.0 Å². The number of aryl methyl sites for hydroxylation is 1. The Bertz CT molecular complexity index is 996. The van der Waals surface area contributed by atoms with E-state index in [-0.39, 0.29) is 5.91 Å². The molecule has 0 fully saturated rings. The van der Waals surface area contributed by atoms with Crippen molar-refractivity contribution in [2.24, 2.45) is 0 Å². The van der Waals surface area contributed by atoms with Crippen LogP contribution in [0.15, 0.2) is 48.7 Å². The van der Waals surface area contributed by atoms with Crippen molar-refractivity contribution >= 4 is 46.8 Å². The first-order valence-electron chi connectivity index (χ1n) is 8.46. The number of nitrogens with zero attached hydrogens (tertiary/aromatic N) is 3. The van der Waals surface area contributed by atoms with E-state index in [9.17, 15) is 4.79 Å². The van der Waals surface area contributed by atoms with Crippen LogP contribution in [0.2, 0.25) is 15.3 Å². The molecule has 0 spiro atoms. The zero-order valence-corrected chi connectivity index (χ0v) is 17.3. The SMILES string of the molecule is Cc1nn(Cc2ccc(Cl)cc2)c(Cl)c1C=CC(=O)NCc1ccc(Cl)nc1. The standard InChI is InChI=1S/C20H17Cl3N4O/c1-13-17(7-9-19(28)25-11-15-4-8-18(22)24-10-15)20(23)27(26-13)12-14-2-5-16(21)6-3-14/h2-10H,11-12H2,1H3,(H,25,28). The molecule has 0 aliphatic rings. The summed E-state index contributed by atoms with van der Waals surface area (Å²) in [6, 6.07) is 11.0. The van der Waals surface area contributed by atoms with Crippen LogP contribution in [-0.4, -0.2) is 20.7 Å². The molecule has 0 radical (unpaired) electrons. The molecule has 1 amide bonds. The molecule has 5 nitrogen and oxygen atoms in total. The Morgan fingerprint density at radius 3 is 2.50 bits per heavy atom. The monoisotopic (exact) mass is 434 g/mol. The quantitative estimate of drug-likeness (QED) is 0.441. The molecular formula is C20H17Cl3N4O. The summed E-state index contributed by atoms with van der Waals surface area (Å²) in [6.07, 6.45) is 4.72. The second-order valence-corrected chi connectivity index (χ2v) is 7.30. The van der Waals surface area contributed by atoms with Crippen LogP contribution in [0.4, 0.5) is 0 Å². The fraction of sp³-hybridized carbons (Fsp3) is 0.150. The fourth-order valence-electron chi connectivity index (χ4n) is 2.54. The summed E-state index contributed by atoms with van der Waals surface area (Å²) in [7, 11) is 0. The first-order chi connectivity index (χ1) is 13.4. The summed E-state index contributed by atoms with van der Waals surface area (Å²) in [5.41, 5.74) is 3.33. The highest BCUT2D eigenvalue weighted by atomic mass is 35.5. The number of nitrogens with one attached hydrogen (secondary N) is 1. The molecule has 144 valence electrons. The minimum atomic E-state index is -0.240. The predicted molar refractivity (Wildman–Crippen MR) is 113 cm³/mol. The topological polar surface area (TPSA) is 59.8 Å². The fourth-order valence-corrected chi connectivity index (χ4v) is 3.08. The second kappa shape index (κ2) is 9.24. The summed E-state index contributed by atoms with van der Waals surface area (Å²) in [5.74, 6) is -0.240. The van der Waals surface area contributed by atoms with Crippen LogP contribution in [0.1, 0.15) is 22.4 Å². The van der Waals surface area contributed by atoms with Gasteiger partial charge in [-0.3, -0.25) is 4.79 Å². The van der Waals surface area contributed by atoms with Gasteiger partial charge in [0.1, 0.15) is 10.3 Å². The molecule has 0 aliphatic heterocycles. The molecule has 0 bridgehead atoms.